The van der Waals surface area contributed by atoms with Gasteiger partial charge in [-0.3, -0.25) is 0 Å². The molecule has 1 aromatic heterocycles. The molecule has 0 radical (unpaired) electrons. The number of hydrogen-bond acceptors (Lipinski definition) is 2. The maximum Gasteiger partial charge on any atom is 0.165 e. The summed E-state index contributed by atoms with van der Waals surface area (Å²) < 4.78 is 20.5. The standard InChI is InChI=1S/C10H8BrFN2O/c1-15-10-4-8(2-3-9(10)12)14-6-7(11)5-13-14/h2-6H,1H3. The molecule has 5 heteroatoms. The van der Waals surface area contributed by atoms with Gasteiger partial charge < -0.3 is 4.74 Å². The number of benzene rings is 1. The molecule has 0 unspecified atom stereocenters. The highest BCUT2D eigenvalue weighted by atomic mass is 79.9. The number of aromatic nitrogens is 2. The van der Waals surface area contributed by atoms with Crippen LogP contribution in [-0.2, 0) is 0 Å². The number of hydrogen-bond donors (Lipinski definition) is 0. The molecule has 0 aliphatic carbocycles. The summed E-state index contributed by atoms with van der Waals surface area (Å²) >= 11 is 3.29. The van der Waals surface area contributed by atoms with E-state index in [1.54, 1.807) is 29.2 Å². The van der Waals surface area contributed by atoms with Crippen molar-refractivity contribution in [1.29, 1.82) is 0 Å². The van der Waals surface area contributed by atoms with Gasteiger partial charge in [0, 0.05) is 12.3 Å². The van der Waals surface area contributed by atoms with Crippen LogP contribution in [0.5, 0.6) is 5.75 Å². The molecule has 1 aromatic carbocycles. The third-order valence-electron chi connectivity index (χ3n) is 1.95. The Hall–Kier alpha value is -1.36. The molecule has 0 fully saturated rings. The fraction of sp³-hybridized carbons (Fsp3) is 0.100. The van der Waals surface area contributed by atoms with Crippen molar-refractivity contribution in [3.63, 3.8) is 0 Å². The molecule has 2 aromatic rings. The summed E-state index contributed by atoms with van der Waals surface area (Å²) in [6, 6.07) is 4.58. The Kier molecular flexibility index (Phi) is 2.73. The third-order valence-corrected chi connectivity index (χ3v) is 2.36. The van der Waals surface area contributed by atoms with Crippen LogP contribution < -0.4 is 4.74 Å². The third kappa shape index (κ3) is 2.02. The summed E-state index contributed by atoms with van der Waals surface area (Å²) in [6.07, 6.45) is 3.45. The lowest BCUT2D eigenvalue weighted by atomic mass is 10.3. The van der Waals surface area contributed by atoms with Crippen LogP contribution in [0.15, 0.2) is 35.1 Å². The molecule has 0 saturated carbocycles. The quantitative estimate of drug-likeness (QED) is 0.839. The van der Waals surface area contributed by atoms with Crippen LogP contribution in [0.4, 0.5) is 4.39 Å². The molecule has 15 heavy (non-hydrogen) atoms. The number of rotatable bonds is 2. The van der Waals surface area contributed by atoms with Crippen LogP contribution in [0.25, 0.3) is 5.69 Å². The average Bonchev–Trinajstić information content (AvgIpc) is 2.66. The van der Waals surface area contributed by atoms with Gasteiger partial charge in [0.05, 0.1) is 23.5 Å². The lowest BCUT2D eigenvalue weighted by molar-refractivity contribution is 0.386. The zero-order valence-corrected chi connectivity index (χ0v) is 9.53. The van der Waals surface area contributed by atoms with Gasteiger partial charge >= 0.3 is 0 Å². The Morgan fingerprint density at radius 3 is 2.87 bits per heavy atom. The molecule has 2 rings (SSSR count). The molecule has 0 spiro atoms. The summed E-state index contributed by atoms with van der Waals surface area (Å²) in [5, 5.41) is 4.08. The van der Waals surface area contributed by atoms with Gasteiger partial charge in [-0.1, -0.05) is 0 Å². The van der Waals surface area contributed by atoms with Gasteiger partial charge in [0.15, 0.2) is 11.6 Å². The smallest absolute Gasteiger partial charge is 0.165 e. The summed E-state index contributed by atoms with van der Waals surface area (Å²) in [4.78, 5) is 0. The Balaban J connectivity index is 2.45. The van der Waals surface area contributed by atoms with Gasteiger partial charge in [0.2, 0.25) is 0 Å². The van der Waals surface area contributed by atoms with Gasteiger partial charge in [-0.2, -0.15) is 5.10 Å². The van der Waals surface area contributed by atoms with Crippen molar-refractivity contribution >= 4 is 15.9 Å². The number of ether oxygens (including phenoxy) is 1. The van der Waals surface area contributed by atoms with Crippen molar-refractivity contribution in [3.8, 4) is 11.4 Å². The Bertz CT molecular complexity index is 484. The number of methoxy groups -OCH3 is 1. The molecular formula is C10H8BrFN2O. The molecule has 78 valence electrons. The van der Waals surface area contributed by atoms with Crippen molar-refractivity contribution < 1.29 is 9.13 Å². The zero-order chi connectivity index (χ0) is 10.8. The van der Waals surface area contributed by atoms with E-state index in [4.69, 9.17) is 4.74 Å². The van der Waals surface area contributed by atoms with Crippen LogP contribution >= 0.6 is 15.9 Å². The average molecular weight is 271 g/mol. The van der Waals surface area contributed by atoms with Crippen molar-refractivity contribution in [2.24, 2.45) is 0 Å². The second-order valence-electron chi connectivity index (χ2n) is 2.92. The Labute approximate surface area is 94.6 Å². The highest BCUT2D eigenvalue weighted by Crippen LogP contribution is 2.21. The first-order valence-corrected chi connectivity index (χ1v) is 5.04. The predicted molar refractivity (Wildman–Crippen MR) is 57.8 cm³/mol. The molecule has 3 nitrogen and oxygen atoms in total. The van der Waals surface area contributed by atoms with Crippen molar-refractivity contribution in [3.05, 3.63) is 40.9 Å². The predicted octanol–water partition coefficient (Wildman–Crippen LogP) is 2.78. The van der Waals surface area contributed by atoms with Crippen LogP contribution in [0.1, 0.15) is 0 Å². The fourth-order valence-electron chi connectivity index (χ4n) is 1.23. The van der Waals surface area contributed by atoms with E-state index in [1.807, 2.05) is 0 Å². The summed E-state index contributed by atoms with van der Waals surface area (Å²) in [7, 11) is 1.43. The van der Waals surface area contributed by atoms with Gasteiger partial charge in [-0.15, -0.1) is 0 Å². The van der Waals surface area contributed by atoms with Crippen LogP contribution in [0.2, 0.25) is 0 Å². The second kappa shape index (κ2) is 4.02. The molecule has 0 saturated heterocycles. The summed E-state index contributed by atoms with van der Waals surface area (Å²) in [5.74, 6) is -0.174. The van der Waals surface area contributed by atoms with E-state index in [9.17, 15) is 4.39 Å². The summed E-state index contributed by atoms with van der Waals surface area (Å²) in [5.41, 5.74) is 0.749. The normalized spacial score (nSPS) is 10.3. The molecule has 1 heterocycles. The van der Waals surface area contributed by atoms with Gasteiger partial charge in [0.25, 0.3) is 0 Å². The number of nitrogens with zero attached hydrogens (tertiary/aromatic N) is 2. The van der Waals surface area contributed by atoms with E-state index in [0.717, 1.165) is 10.2 Å². The topological polar surface area (TPSA) is 27.1 Å². The molecule has 0 N–H and O–H groups in total. The van der Waals surface area contributed by atoms with E-state index in [-0.39, 0.29) is 11.6 Å². The Morgan fingerprint density at radius 2 is 2.27 bits per heavy atom. The van der Waals surface area contributed by atoms with Gasteiger partial charge in [0.1, 0.15) is 0 Å². The lowest BCUT2D eigenvalue weighted by Crippen LogP contribution is -1.96. The first kappa shape index (κ1) is 10.2. The monoisotopic (exact) mass is 270 g/mol. The minimum Gasteiger partial charge on any atom is -0.494 e. The van der Waals surface area contributed by atoms with Crippen LogP contribution in [0.3, 0.4) is 0 Å². The molecule has 0 amide bonds. The van der Waals surface area contributed by atoms with E-state index < -0.39 is 0 Å². The zero-order valence-electron chi connectivity index (χ0n) is 7.95. The summed E-state index contributed by atoms with van der Waals surface area (Å²) in [6.45, 7) is 0. The highest BCUT2D eigenvalue weighted by Gasteiger charge is 2.05. The van der Waals surface area contributed by atoms with Crippen LogP contribution in [0, 0.1) is 5.82 Å². The van der Waals surface area contributed by atoms with E-state index >= 15 is 0 Å². The molecule has 0 aliphatic heterocycles. The minimum absolute atomic E-state index is 0.208. The van der Waals surface area contributed by atoms with Crippen LogP contribution in [-0.4, -0.2) is 16.9 Å². The van der Waals surface area contributed by atoms with E-state index in [1.165, 1.54) is 13.2 Å². The first-order chi connectivity index (χ1) is 7.20. The largest absolute Gasteiger partial charge is 0.494 e. The minimum atomic E-state index is -0.382. The van der Waals surface area contributed by atoms with Crippen molar-refractivity contribution in [2.45, 2.75) is 0 Å². The SMILES string of the molecule is COc1cc(-n2cc(Br)cn2)ccc1F. The maximum atomic E-state index is 13.1. The van der Waals surface area contributed by atoms with Gasteiger partial charge in [-0.25, -0.2) is 9.07 Å². The second-order valence-corrected chi connectivity index (χ2v) is 3.84. The number of halogens is 2. The Morgan fingerprint density at radius 1 is 1.47 bits per heavy atom. The van der Waals surface area contributed by atoms with Crippen molar-refractivity contribution in [1.82, 2.24) is 9.78 Å². The maximum absolute atomic E-state index is 13.1. The fourth-order valence-corrected chi connectivity index (χ4v) is 1.52. The molecule has 0 bridgehead atoms. The van der Waals surface area contributed by atoms with Gasteiger partial charge in [-0.05, 0) is 28.1 Å². The highest BCUT2D eigenvalue weighted by molar-refractivity contribution is 9.10. The first-order valence-electron chi connectivity index (χ1n) is 4.25. The molecule has 0 atom stereocenters. The molecular weight excluding hydrogens is 263 g/mol. The van der Waals surface area contributed by atoms with E-state index in [2.05, 4.69) is 21.0 Å². The lowest BCUT2D eigenvalue weighted by Gasteiger charge is -2.05. The molecule has 0 aliphatic rings. The van der Waals surface area contributed by atoms with Crippen molar-refractivity contribution in [2.75, 3.05) is 7.11 Å². The van der Waals surface area contributed by atoms with E-state index in [0.29, 0.717) is 0 Å².